The molecule has 1 aliphatic heterocycles. The summed E-state index contributed by atoms with van der Waals surface area (Å²) in [5.74, 6) is 0.00357. The summed E-state index contributed by atoms with van der Waals surface area (Å²) in [6.45, 7) is 1.20. The molecule has 122 valence electrons. The van der Waals surface area contributed by atoms with Gasteiger partial charge < -0.3 is 10.2 Å². The first-order valence-corrected chi connectivity index (χ1v) is 9.38. The number of hydrogen-bond donors (Lipinski definition) is 2. The number of nitrogens with zero attached hydrogens (tertiary/aromatic N) is 1. The fourth-order valence-corrected chi connectivity index (χ4v) is 3.12. The number of anilines is 1. The van der Waals surface area contributed by atoms with Crippen LogP contribution in [0, 0.1) is 0 Å². The molecule has 1 amide bonds. The molecule has 6 nitrogen and oxygen atoms in total. The molecule has 1 saturated heterocycles. The Hall–Kier alpha value is -1.60. The molecule has 1 aromatic rings. The Kier molecular flexibility index (Phi) is 5.79. The lowest BCUT2D eigenvalue weighted by molar-refractivity contribution is -0.132. The number of para-hydroxylation sites is 1. The van der Waals surface area contributed by atoms with Gasteiger partial charge >= 0.3 is 0 Å². The van der Waals surface area contributed by atoms with Crippen LogP contribution in [0.2, 0.25) is 0 Å². The van der Waals surface area contributed by atoms with Crippen LogP contribution in [-0.4, -0.2) is 51.2 Å². The van der Waals surface area contributed by atoms with Gasteiger partial charge in [0.15, 0.2) is 0 Å². The van der Waals surface area contributed by atoms with Crippen molar-refractivity contribution in [2.24, 2.45) is 0 Å². The molecule has 2 rings (SSSR count). The van der Waals surface area contributed by atoms with E-state index >= 15 is 0 Å². The molecule has 0 saturated carbocycles. The number of carbonyl (C=O) groups excluding carboxylic acids is 1. The number of carbonyl (C=O) groups is 1. The first kappa shape index (κ1) is 16.8. The molecule has 1 atom stereocenters. The van der Waals surface area contributed by atoms with Crippen LogP contribution in [0.15, 0.2) is 30.3 Å². The summed E-state index contributed by atoms with van der Waals surface area (Å²) >= 11 is 0. The molecule has 2 N–H and O–H groups in total. The fourth-order valence-electron chi connectivity index (χ4n) is 2.62. The Morgan fingerprint density at radius 3 is 2.68 bits per heavy atom. The standard InChI is InChI=1S/C15H23N3O3S/c1-22(20,21)17-11-14-9-5-6-10-18(14)15(19)12-16-13-7-3-2-4-8-13/h2-4,7-8,14,16-17H,5-6,9-12H2,1H3. The first-order chi connectivity index (χ1) is 10.5. The summed E-state index contributed by atoms with van der Waals surface area (Å²) in [5.41, 5.74) is 0.902. The Labute approximate surface area is 131 Å². The van der Waals surface area contributed by atoms with Crippen LogP contribution < -0.4 is 10.0 Å². The first-order valence-electron chi connectivity index (χ1n) is 7.49. The molecule has 0 spiro atoms. The number of likely N-dealkylation sites (tertiary alicyclic amines) is 1. The van der Waals surface area contributed by atoms with Crippen molar-refractivity contribution in [3.8, 4) is 0 Å². The van der Waals surface area contributed by atoms with Crippen LogP contribution in [0.3, 0.4) is 0 Å². The second-order valence-corrected chi connectivity index (χ2v) is 7.41. The number of piperidine rings is 1. The minimum atomic E-state index is -3.23. The Bertz CT molecular complexity index is 589. The molecule has 22 heavy (non-hydrogen) atoms. The van der Waals surface area contributed by atoms with Gasteiger partial charge in [-0.25, -0.2) is 13.1 Å². The van der Waals surface area contributed by atoms with Crippen LogP contribution in [0.4, 0.5) is 5.69 Å². The van der Waals surface area contributed by atoms with Crippen molar-refractivity contribution >= 4 is 21.6 Å². The summed E-state index contributed by atoms with van der Waals surface area (Å²) < 4.78 is 25.0. The summed E-state index contributed by atoms with van der Waals surface area (Å²) in [5, 5.41) is 3.10. The SMILES string of the molecule is CS(=O)(=O)NCC1CCCCN1C(=O)CNc1ccccc1. The molecule has 1 unspecified atom stereocenters. The lowest BCUT2D eigenvalue weighted by atomic mass is 10.0. The highest BCUT2D eigenvalue weighted by Gasteiger charge is 2.26. The van der Waals surface area contributed by atoms with Gasteiger partial charge in [-0.05, 0) is 31.4 Å². The van der Waals surface area contributed by atoms with Crippen LogP contribution in [0.25, 0.3) is 0 Å². The van der Waals surface area contributed by atoms with E-state index in [1.807, 2.05) is 30.3 Å². The molecule has 1 aliphatic rings. The van der Waals surface area contributed by atoms with Crippen LogP contribution in [0.5, 0.6) is 0 Å². The van der Waals surface area contributed by atoms with E-state index in [0.29, 0.717) is 6.54 Å². The van der Waals surface area contributed by atoms with Gasteiger partial charge in [-0.2, -0.15) is 0 Å². The zero-order chi connectivity index (χ0) is 16.0. The zero-order valence-electron chi connectivity index (χ0n) is 12.8. The van der Waals surface area contributed by atoms with E-state index in [1.165, 1.54) is 0 Å². The molecule has 0 bridgehead atoms. The lowest BCUT2D eigenvalue weighted by Gasteiger charge is -2.36. The van der Waals surface area contributed by atoms with Gasteiger partial charge in [0.1, 0.15) is 0 Å². The lowest BCUT2D eigenvalue weighted by Crippen LogP contribution is -2.50. The third-order valence-corrected chi connectivity index (χ3v) is 4.44. The third-order valence-electron chi connectivity index (χ3n) is 3.75. The van der Waals surface area contributed by atoms with Crippen molar-refractivity contribution in [1.82, 2.24) is 9.62 Å². The van der Waals surface area contributed by atoms with Crippen molar-refractivity contribution in [1.29, 1.82) is 0 Å². The molecule has 1 fully saturated rings. The minimum absolute atomic E-state index is 0.00357. The summed E-state index contributed by atoms with van der Waals surface area (Å²) in [6, 6.07) is 9.50. The second kappa shape index (κ2) is 7.60. The van der Waals surface area contributed by atoms with E-state index in [4.69, 9.17) is 0 Å². The predicted molar refractivity (Wildman–Crippen MR) is 87.1 cm³/mol. The summed E-state index contributed by atoms with van der Waals surface area (Å²) in [6.07, 6.45) is 3.96. The Balaban J connectivity index is 1.90. The normalized spacial score (nSPS) is 19.0. The molecule has 7 heteroatoms. The molecule has 0 radical (unpaired) electrons. The van der Waals surface area contributed by atoms with Crippen LogP contribution in [-0.2, 0) is 14.8 Å². The van der Waals surface area contributed by atoms with Gasteiger partial charge in [0.2, 0.25) is 15.9 Å². The topological polar surface area (TPSA) is 78.5 Å². The average molecular weight is 325 g/mol. The van der Waals surface area contributed by atoms with E-state index in [1.54, 1.807) is 4.90 Å². The van der Waals surface area contributed by atoms with Crippen molar-refractivity contribution in [3.63, 3.8) is 0 Å². The maximum absolute atomic E-state index is 12.4. The molecule has 0 aliphatic carbocycles. The highest BCUT2D eigenvalue weighted by atomic mass is 32.2. The highest BCUT2D eigenvalue weighted by Crippen LogP contribution is 2.17. The molecular formula is C15H23N3O3S. The van der Waals surface area contributed by atoms with E-state index < -0.39 is 10.0 Å². The van der Waals surface area contributed by atoms with Crippen molar-refractivity contribution in [3.05, 3.63) is 30.3 Å². The summed E-state index contributed by atoms with van der Waals surface area (Å²) in [7, 11) is -3.23. The van der Waals surface area contributed by atoms with Crippen LogP contribution >= 0.6 is 0 Å². The number of hydrogen-bond acceptors (Lipinski definition) is 4. The number of amides is 1. The van der Waals surface area contributed by atoms with E-state index in [-0.39, 0.29) is 25.0 Å². The molecule has 1 aromatic carbocycles. The summed E-state index contributed by atoms with van der Waals surface area (Å²) in [4.78, 5) is 14.2. The molecule has 1 heterocycles. The van der Waals surface area contributed by atoms with E-state index in [9.17, 15) is 13.2 Å². The van der Waals surface area contributed by atoms with E-state index in [2.05, 4.69) is 10.0 Å². The monoisotopic (exact) mass is 325 g/mol. The third kappa shape index (κ3) is 5.31. The van der Waals surface area contributed by atoms with Crippen molar-refractivity contribution in [2.75, 3.05) is 31.2 Å². The maximum atomic E-state index is 12.4. The highest BCUT2D eigenvalue weighted by molar-refractivity contribution is 7.88. The van der Waals surface area contributed by atoms with Crippen molar-refractivity contribution in [2.45, 2.75) is 25.3 Å². The van der Waals surface area contributed by atoms with Gasteiger partial charge in [0.25, 0.3) is 0 Å². The van der Waals surface area contributed by atoms with E-state index in [0.717, 1.165) is 31.2 Å². The van der Waals surface area contributed by atoms with Gasteiger partial charge in [0.05, 0.1) is 12.8 Å². The van der Waals surface area contributed by atoms with Gasteiger partial charge in [-0.3, -0.25) is 4.79 Å². The number of benzene rings is 1. The maximum Gasteiger partial charge on any atom is 0.242 e. The van der Waals surface area contributed by atoms with Gasteiger partial charge in [0, 0.05) is 24.8 Å². The number of sulfonamides is 1. The fraction of sp³-hybridized carbons (Fsp3) is 0.533. The smallest absolute Gasteiger partial charge is 0.242 e. The second-order valence-electron chi connectivity index (χ2n) is 5.58. The van der Waals surface area contributed by atoms with Crippen LogP contribution in [0.1, 0.15) is 19.3 Å². The number of nitrogens with one attached hydrogen (secondary N) is 2. The van der Waals surface area contributed by atoms with Gasteiger partial charge in [-0.15, -0.1) is 0 Å². The Morgan fingerprint density at radius 1 is 1.27 bits per heavy atom. The quantitative estimate of drug-likeness (QED) is 0.819. The average Bonchev–Trinajstić information content (AvgIpc) is 2.51. The molecule has 0 aromatic heterocycles. The number of rotatable bonds is 6. The van der Waals surface area contributed by atoms with Crippen molar-refractivity contribution < 1.29 is 13.2 Å². The Morgan fingerprint density at radius 2 is 2.00 bits per heavy atom. The molecular weight excluding hydrogens is 302 g/mol. The zero-order valence-corrected chi connectivity index (χ0v) is 13.6. The minimum Gasteiger partial charge on any atom is -0.376 e. The largest absolute Gasteiger partial charge is 0.376 e. The van der Waals surface area contributed by atoms with Gasteiger partial charge in [-0.1, -0.05) is 18.2 Å². The predicted octanol–water partition coefficient (Wildman–Crippen LogP) is 1.03.